The Morgan fingerprint density at radius 1 is 1.31 bits per heavy atom. The van der Waals surface area contributed by atoms with Gasteiger partial charge < -0.3 is 0 Å². The van der Waals surface area contributed by atoms with E-state index in [1.807, 2.05) is 0 Å². The molecule has 0 spiro atoms. The molecule has 0 radical (unpaired) electrons. The molecule has 0 atom stereocenters. The van der Waals surface area contributed by atoms with Crippen LogP contribution in [0.2, 0.25) is 0 Å². The van der Waals surface area contributed by atoms with E-state index in [2.05, 4.69) is 0 Å². The monoisotopic (exact) mass is 230 g/mol. The van der Waals surface area contributed by atoms with Crippen LogP contribution in [0.5, 0.6) is 0 Å². The van der Waals surface area contributed by atoms with Crippen molar-refractivity contribution in [1.82, 2.24) is 0 Å². The van der Waals surface area contributed by atoms with Crippen molar-refractivity contribution in [2.24, 2.45) is 0 Å². The average molecular weight is 230 g/mol. The van der Waals surface area contributed by atoms with Gasteiger partial charge in [0.2, 0.25) is 0 Å². The minimum atomic E-state index is -3.42. The Hall–Kier alpha value is 0.180. The molecule has 0 unspecified atom stereocenters. The SMILES string of the molecule is CS(=O)(=O)OC1CCS(O)(O)CC1. The fourth-order valence-electron chi connectivity index (χ4n) is 1.23. The molecular formula is C6H14O5S2. The van der Waals surface area contributed by atoms with Gasteiger partial charge in [0.1, 0.15) is 0 Å². The van der Waals surface area contributed by atoms with Gasteiger partial charge >= 0.3 is 0 Å². The van der Waals surface area contributed by atoms with E-state index < -0.39 is 20.7 Å². The van der Waals surface area contributed by atoms with E-state index in [0.717, 1.165) is 6.26 Å². The van der Waals surface area contributed by atoms with Crippen LogP contribution in [-0.4, -0.2) is 41.4 Å². The van der Waals surface area contributed by atoms with Crippen LogP contribution in [0.3, 0.4) is 0 Å². The number of hydrogen-bond donors (Lipinski definition) is 2. The first-order chi connectivity index (χ1) is 5.79. The Morgan fingerprint density at radius 3 is 2.15 bits per heavy atom. The van der Waals surface area contributed by atoms with E-state index in [-0.39, 0.29) is 17.6 Å². The van der Waals surface area contributed by atoms with Crippen molar-refractivity contribution in [2.75, 3.05) is 17.8 Å². The first-order valence-corrected chi connectivity index (χ1v) is 7.60. The van der Waals surface area contributed by atoms with Gasteiger partial charge in [-0.25, -0.2) is 0 Å². The molecule has 1 heterocycles. The van der Waals surface area contributed by atoms with E-state index in [1.54, 1.807) is 0 Å². The molecule has 0 aromatic rings. The molecule has 0 aliphatic carbocycles. The summed E-state index contributed by atoms with van der Waals surface area (Å²) in [7, 11) is -5.86. The predicted octanol–water partition coefficient (Wildman–Crippen LogP) is 0.876. The van der Waals surface area contributed by atoms with Crippen LogP contribution in [0.1, 0.15) is 12.8 Å². The quantitative estimate of drug-likeness (QED) is 0.688. The Kier molecular flexibility index (Phi) is 3.24. The van der Waals surface area contributed by atoms with Gasteiger partial charge in [-0.05, 0) is 12.8 Å². The highest BCUT2D eigenvalue weighted by molar-refractivity contribution is 8.24. The fourth-order valence-corrected chi connectivity index (χ4v) is 3.40. The summed E-state index contributed by atoms with van der Waals surface area (Å²) in [6, 6.07) is 0. The summed E-state index contributed by atoms with van der Waals surface area (Å²) in [6.45, 7) is 0. The summed E-state index contributed by atoms with van der Waals surface area (Å²) in [5.41, 5.74) is 0. The molecule has 1 aliphatic heterocycles. The van der Waals surface area contributed by atoms with E-state index in [0.29, 0.717) is 12.8 Å². The predicted molar refractivity (Wildman–Crippen MR) is 51.5 cm³/mol. The van der Waals surface area contributed by atoms with Crippen molar-refractivity contribution in [3.8, 4) is 0 Å². The van der Waals surface area contributed by atoms with Gasteiger partial charge in [0.15, 0.2) is 0 Å². The summed E-state index contributed by atoms with van der Waals surface area (Å²) in [5, 5.41) is 0. The highest BCUT2D eigenvalue weighted by Gasteiger charge is 2.26. The van der Waals surface area contributed by atoms with Crippen LogP contribution in [-0.2, 0) is 14.3 Å². The summed E-state index contributed by atoms with van der Waals surface area (Å²) in [6.07, 6.45) is 1.42. The zero-order chi connectivity index (χ0) is 10.1. The van der Waals surface area contributed by atoms with Gasteiger partial charge in [0.25, 0.3) is 10.1 Å². The molecule has 5 nitrogen and oxygen atoms in total. The number of hydrogen-bond acceptors (Lipinski definition) is 5. The largest absolute Gasteiger partial charge is 0.299 e. The Morgan fingerprint density at radius 2 is 1.77 bits per heavy atom. The molecule has 80 valence electrons. The van der Waals surface area contributed by atoms with E-state index in [9.17, 15) is 17.5 Å². The Balaban J connectivity index is 2.43. The molecule has 1 aliphatic rings. The summed E-state index contributed by atoms with van der Waals surface area (Å²) in [4.78, 5) is 0. The second kappa shape index (κ2) is 3.74. The lowest BCUT2D eigenvalue weighted by Crippen LogP contribution is -2.28. The summed E-state index contributed by atoms with van der Waals surface area (Å²) >= 11 is 0. The normalized spacial score (nSPS) is 27.0. The highest BCUT2D eigenvalue weighted by atomic mass is 32.3. The average Bonchev–Trinajstić information content (AvgIpc) is 1.91. The Labute approximate surface area is 79.6 Å². The van der Waals surface area contributed by atoms with E-state index in [1.165, 1.54) is 0 Å². The van der Waals surface area contributed by atoms with Crippen molar-refractivity contribution in [3.05, 3.63) is 0 Å². The van der Waals surface area contributed by atoms with Gasteiger partial charge in [0.05, 0.1) is 12.4 Å². The fraction of sp³-hybridized carbons (Fsp3) is 1.00. The second-order valence-electron chi connectivity index (χ2n) is 3.21. The molecule has 13 heavy (non-hydrogen) atoms. The van der Waals surface area contributed by atoms with Crippen molar-refractivity contribution in [1.29, 1.82) is 0 Å². The van der Waals surface area contributed by atoms with E-state index >= 15 is 0 Å². The molecule has 0 saturated carbocycles. The second-order valence-corrected chi connectivity index (χ2v) is 7.23. The van der Waals surface area contributed by atoms with E-state index in [4.69, 9.17) is 4.18 Å². The van der Waals surface area contributed by atoms with Crippen LogP contribution in [0.15, 0.2) is 0 Å². The highest BCUT2D eigenvalue weighted by Crippen LogP contribution is 2.44. The van der Waals surface area contributed by atoms with Gasteiger partial charge in [-0.15, -0.1) is 0 Å². The summed E-state index contributed by atoms with van der Waals surface area (Å²) in [5.74, 6) is 0.486. The zero-order valence-electron chi connectivity index (χ0n) is 7.34. The van der Waals surface area contributed by atoms with Gasteiger partial charge in [-0.3, -0.25) is 13.3 Å². The molecule has 0 aromatic carbocycles. The third-order valence-electron chi connectivity index (χ3n) is 1.84. The van der Waals surface area contributed by atoms with Crippen molar-refractivity contribution < 1.29 is 21.7 Å². The Bertz CT molecular complexity index is 261. The maximum Gasteiger partial charge on any atom is 0.264 e. The van der Waals surface area contributed by atoms with Gasteiger partial charge in [-0.1, -0.05) is 0 Å². The standard InChI is InChI=1S/C6H14O5S2/c1-12(7,8)11-6-2-4-13(9,10)5-3-6/h6,9-10H,2-5H2,1H3. The van der Waals surface area contributed by atoms with Crippen LogP contribution in [0, 0.1) is 0 Å². The maximum absolute atomic E-state index is 10.7. The molecule has 1 fully saturated rings. The lowest BCUT2D eigenvalue weighted by Gasteiger charge is -2.38. The molecule has 7 heteroatoms. The minimum absolute atomic E-state index is 0.243. The smallest absolute Gasteiger partial charge is 0.264 e. The van der Waals surface area contributed by atoms with Gasteiger partial charge in [-0.2, -0.15) is 19.0 Å². The van der Waals surface area contributed by atoms with Crippen LogP contribution < -0.4 is 0 Å². The molecule has 0 bridgehead atoms. The first-order valence-electron chi connectivity index (χ1n) is 3.90. The molecule has 2 N–H and O–H groups in total. The molecular weight excluding hydrogens is 216 g/mol. The minimum Gasteiger partial charge on any atom is -0.299 e. The van der Waals surface area contributed by atoms with Crippen molar-refractivity contribution in [3.63, 3.8) is 0 Å². The van der Waals surface area contributed by atoms with Gasteiger partial charge in [0, 0.05) is 11.5 Å². The maximum atomic E-state index is 10.7. The van der Waals surface area contributed by atoms with Crippen molar-refractivity contribution in [2.45, 2.75) is 18.9 Å². The lowest BCUT2D eigenvalue weighted by atomic mass is 10.2. The van der Waals surface area contributed by atoms with Crippen LogP contribution >= 0.6 is 10.6 Å². The first kappa shape index (κ1) is 11.3. The summed E-state index contributed by atoms with van der Waals surface area (Å²) < 4.78 is 44.6. The van der Waals surface area contributed by atoms with Crippen molar-refractivity contribution >= 4 is 20.7 Å². The van der Waals surface area contributed by atoms with Crippen LogP contribution in [0.25, 0.3) is 0 Å². The molecule has 1 saturated heterocycles. The zero-order valence-corrected chi connectivity index (χ0v) is 8.97. The number of rotatable bonds is 2. The molecule has 0 aromatic heterocycles. The third-order valence-corrected chi connectivity index (χ3v) is 4.25. The third kappa shape index (κ3) is 4.28. The van der Waals surface area contributed by atoms with Crippen LogP contribution in [0.4, 0.5) is 0 Å². The molecule has 0 amide bonds. The lowest BCUT2D eigenvalue weighted by molar-refractivity contribution is 0.196. The topological polar surface area (TPSA) is 83.8 Å². The molecule has 1 rings (SSSR count).